The minimum atomic E-state index is -0.524. The van der Waals surface area contributed by atoms with Gasteiger partial charge in [0, 0.05) is 4.47 Å². The maximum atomic E-state index is 11.4. The first-order valence-corrected chi connectivity index (χ1v) is 7.18. The van der Waals surface area contributed by atoms with E-state index in [4.69, 9.17) is 16.3 Å². The summed E-state index contributed by atoms with van der Waals surface area (Å²) in [4.78, 5) is 15.6. The number of carbonyl (C=O) groups excluding carboxylic acids is 1. The molecule has 0 N–H and O–H groups in total. The van der Waals surface area contributed by atoms with Crippen LogP contribution in [0.15, 0.2) is 22.7 Å². The van der Waals surface area contributed by atoms with Gasteiger partial charge in [0.05, 0.1) is 7.11 Å². The standard InChI is InChI=1S/C12H9BrClNO3S/c1-6-5-7(3-4-8(6)13)18-12-15-10(14)9(19-12)11(16)17-2/h3-5H,1-2H3. The summed E-state index contributed by atoms with van der Waals surface area (Å²) < 4.78 is 11.2. The van der Waals surface area contributed by atoms with Crippen molar-refractivity contribution in [2.75, 3.05) is 7.11 Å². The van der Waals surface area contributed by atoms with Gasteiger partial charge in [-0.05, 0) is 30.7 Å². The van der Waals surface area contributed by atoms with E-state index in [1.54, 1.807) is 6.07 Å². The zero-order chi connectivity index (χ0) is 14.0. The molecule has 1 aromatic heterocycles. The summed E-state index contributed by atoms with van der Waals surface area (Å²) >= 11 is 10.3. The third-order valence-electron chi connectivity index (χ3n) is 2.27. The molecular formula is C12H9BrClNO3S. The van der Waals surface area contributed by atoms with Crippen LogP contribution in [-0.4, -0.2) is 18.1 Å². The lowest BCUT2D eigenvalue weighted by molar-refractivity contribution is 0.0606. The minimum absolute atomic E-state index is 0.0840. The lowest BCUT2D eigenvalue weighted by Crippen LogP contribution is -1.98. The number of nitrogens with zero attached hydrogens (tertiary/aromatic N) is 1. The van der Waals surface area contributed by atoms with Crippen molar-refractivity contribution in [3.8, 4) is 10.9 Å². The van der Waals surface area contributed by atoms with Crippen LogP contribution in [0.3, 0.4) is 0 Å². The predicted molar refractivity (Wildman–Crippen MR) is 77.4 cm³/mol. The molecule has 0 spiro atoms. The highest BCUT2D eigenvalue weighted by molar-refractivity contribution is 9.10. The van der Waals surface area contributed by atoms with Gasteiger partial charge >= 0.3 is 5.97 Å². The van der Waals surface area contributed by atoms with E-state index in [0.717, 1.165) is 21.4 Å². The number of esters is 1. The number of hydrogen-bond donors (Lipinski definition) is 0. The summed E-state index contributed by atoms with van der Waals surface area (Å²) in [6.07, 6.45) is 0. The number of aryl methyl sites for hydroxylation is 1. The van der Waals surface area contributed by atoms with Crippen LogP contribution in [0.4, 0.5) is 0 Å². The van der Waals surface area contributed by atoms with Crippen molar-refractivity contribution < 1.29 is 14.3 Å². The monoisotopic (exact) mass is 361 g/mol. The summed E-state index contributed by atoms with van der Waals surface area (Å²) in [7, 11) is 1.29. The molecule has 100 valence electrons. The van der Waals surface area contributed by atoms with Crippen molar-refractivity contribution in [1.82, 2.24) is 4.98 Å². The molecule has 19 heavy (non-hydrogen) atoms. The summed E-state index contributed by atoms with van der Waals surface area (Å²) in [5.74, 6) is 0.104. The Labute approximate surface area is 127 Å². The van der Waals surface area contributed by atoms with E-state index in [0.29, 0.717) is 10.9 Å². The zero-order valence-electron chi connectivity index (χ0n) is 10.1. The van der Waals surface area contributed by atoms with Gasteiger partial charge in [0.1, 0.15) is 5.75 Å². The van der Waals surface area contributed by atoms with Crippen LogP contribution in [0.25, 0.3) is 0 Å². The quantitative estimate of drug-likeness (QED) is 0.757. The molecule has 1 aromatic carbocycles. The molecule has 2 aromatic rings. The van der Waals surface area contributed by atoms with Gasteiger partial charge in [-0.25, -0.2) is 4.79 Å². The van der Waals surface area contributed by atoms with Crippen molar-refractivity contribution in [1.29, 1.82) is 0 Å². The number of hydrogen-bond acceptors (Lipinski definition) is 5. The smallest absolute Gasteiger partial charge is 0.351 e. The van der Waals surface area contributed by atoms with Crippen LogP contribution in [-0.2, 0) is 4.74 Å². The summed E-state index contributed by atoms with van der Waals surface area (Å²) in [5.41, 5.74) is 1.04. The molecule has 0 saturated heterocycles. The molecule has 2 rings (SSSR count). The van der Waals surface area contributed by atoms with Crippen LogP contribution in [0, 0.1) is 6.92 Å². The number of benzene rings is 1. The fourth-order valence-electron chi connectivity index (χ4n) is 1.33. The van der Waals surface area contributed by atoms with E-state index < -0.39 is 5.97 Å². The molecular weight excluding hydrogens is 354 g/mol. The number of carbonyl (C=O) groups is 1. The number of methoxy groups -OCH3 is 1. The second-order valence-corrected chi connectivity index (χ2v) is 5.78. The van der Waals surface area contributed by atoms with Crippen molar-refractivity contribution in [3.05, 3.63) is 38.3 Å². The Morgan fingerprint density at radius 3 is 2.84 bits per heavy atom. The molecule has 7 heteroatoms. The average molecular weight is 363 g/mol. The second-order valence-electron chi connectivity index (χ2n) is 3.60. The third-order valence-corrected chi connectivity index (χ3v) is 4.46. The number of halogens is 2. The first-order valence-electron chi connectivity index (χ1n) is 5.20. The highest BCUT2D eigenvalue weighted by Crippen LogP contribution is 2.33. The molecule has 0 unspecified atom stereocenters. The molecule has 0 radical (unpaired) electrons. The van der Waals surface area contributed by atoms with Gasteiger partial charge in [0.15, 0.2) is 10.0 Å². The van der Waals surface area contributed by atoms with Gasteiger partial charge < -0.3 is 9.47 Å². The van der Waals surface area contributed by atoms with E-state index in [2.05, 4.69) is 25.7 Å². The number of rotatable bonds is 3. The topological polar surface area (TPSA) is 48.4 Å². The predicted octanol–water partition coefficient (Wildman–Crippen LogP) is 4.45. The summed E-state index contributed by atoms with van der Waals surface area (Å²) in [6, 6.07) is 5.53. The van der Waals surface area contributed by atoms with Gasteiger partial charge in [0.25, 0.3) is 5.19 Å². The zero-order valence-corrected chi connectivity index (χ0v) is 13.2. The fourth-order valence-corrected chi connectivity index (χ4v) is 2.64. The van der Waals surface area contributed by atoms with Gasteiger partial charge in [0.2, 0.25) is 0 Å². The van der Waals surface area contributed by atoms with Crippen LogP contribution < -0.4 is 4.74 Å². The molecule has 4 nitrogen and oxygen atoms in total. The van der Waals surface area contributed by atoms with Gasteiger partial charge in [-0.1, -0.05) is 38.9 Å². The highest BCUT2D eigenvalue weighted by atomic mass is 79.9. The van der Waals surface area contributed by atoms with E-state index >= 15 is 0 Å². The summed E-state index contributed by atoms with van der Waals surface area (Å²) in [5, 5.41) is 0.382. The molecule has 0 saturated carbocycles. The third kappa shape index (κ3) is 3.26. The average Bonchev–Trinajstić information content (AvgIpc) is 2.74. The van der Waals surface area contributed by atoms with E-state index in [1.807, 2.05) is 19.1 Å². The molecule has 0 amide bonds. The maximum Gasteiger partial charge on any atom is 0.351 e. The highest BCUT2D eigenvalue weighted by Gasteiger charge is 2.18. The number of thiazole rings is 1. The molecule has 0 aliphatic heterocycles. The van der Waals surface area contributed by atoms with E-state index in [9.17, 15) is 4.79 Å². The van der Waals surface area contributed by atoms with Crippen LogP contribution in [0.5, 0.6) is 10.9 Å². The number of ether oxygens (including phenoxy) is 2. The molecule has 0 fully saturated rings. The Morgan fingerprint density at radius 1 is 1.47 bits per heavy atom. The van der Waals surface area contributed by atoms with E-state index in [-0.39, 0.29) is 10.0 Å². The first-order chi connectivity index (χ1) is 9.01. The fraction of sp³-hybridized carbons (Fsp3) is 0.167. The van der Waals surface area contributed by atoms with E-state index in [1.165, 1.54) is 7.11 Å². The van der Waals surface area contributed by atoms with Crippen LogP contribution >= 0.6 is 38.9 Å². The Hall–Kier alpha value is -1.11. The Balaban J connectivity index is 2.24. The van der Waals surface area contributed by atoms with Gasteiger partial charge in [-0.15, -0.1) is 0 Å². The molecule has 0 aliphatic carbocycles. The van der Waals surface area contributed by atoms with Crippen LogP contribution in [0.2, 0.25) is 5.15 Å². The SMILES string of the molecule is COC(=O)c1sc(Oc2ccc(Br)c(C)c2)nc1Cl. The minimum Gasteiger partial charge on any atom is -0.465 e. The first kappa shape index (κ1) is 14.3. The van der Waals surface area contributed by atoms with Gasteiger partial charge in [-0.2, -0.15) is 4.98 Å². The molecule has 1 heterocycles. The Morgan fingerprint density at radius 2 is 2.21 bits per heavy atom. The lowest BCUT2D eigenvalue weighted by Gasteiger charge is -2.03. The van der Waals surface area contributed by atoms with Crippen LogP contribution in [0.1, 0.15) is 15.2 Å². The maximum absolute atomic E-state index is 11.4. The molecule has 0 atom stereocenters. The Kier molecular flexibility index (Phi) is 4.44. The largest absolute Gasteiger partial charge is 0.465 e. The molecule has 0 aliphatic rings. The Bertz CT molecular complexity index is 629. The second kappa shape index (κ2) is 5.90. The van der Waals surface area contributed by atoms with Crippen molar-refractivity contribution in [2.24, 2.45) is 0 Å². The van der Waals surface area contributed by atoms with Crippen molar-refractivity contribution in [3.63, 3.8) is 0 Å². The normalized spacial score (nSPS) is 10.3. The molecule has 0 bridgehead atoms. The van der Waals surface area contributed by atoms with Gasteiger partial charge in [-0.3, -0.25) is 0 Å². The number of aromatic nitrogens is 1. The van der Waals surface area contributed by atoms with Crippen molar-refractivity contribution >= 4 is 44.8 Å². The summed E-state index contributed by atoms with van der Waals surface area (Å²) in [6.45, 7) is 1.95. The lowest BCUT2D eigenvalue weighted by atomic mass is 10.2. The van der Waals surface area contributed by atoms with Crippen molar-refractivity contribution in [2.45, 2.75) is 6.92 Å².